The first-order valence-corrected chi connectivity index (χ1v) is 6.56. The highest BCUT2D eigenvalue weighted by Gasteiger charge is 2.24. The number of hydrogen-bond donors (Lipinski definition) is 0. The molecule has 0 N–H and O–H groups in total. The molecular formula is C11H10I2O. The zero-order valence-corrected chi connectivity index (χ0v) is 12.1. The molecule has 0 bridgehead atoms. The van der Waals surface area contributed by atoms with E-state index >= 15 is 0 Å². The standard InChI is InChI=1S/C11H10I2O/c1-7-2-4-8(5-3-7)11-10(13)9(12)6-14-11/h2-5,11H,6H2,1H3. The smallest absolute Gasteiger partial charge is 0.114 e. The van der Waals surface area contributed by atoms with E-state index in [1.165, 1.54) is 18.3 Å². The van der Waals surface area contributed by atoms with E-state index in [4.69, 9.17) is 4.74 Å². The highest BCUT2D eigenvalue weighted by molar-refractivity contribution is 14.1. The third-order valence-corrected chi connectivity index (χ3v) is 5.39. The van der Waals surface area contributed by atoms with Crippen LogP contribution >= 0.6 is 45.2 Å². The maximum atomic E-state index is 5.71. The molecule has 1 heterocycles. The van der Waals surface area contributed by atoms with Crippen molar-refractivity contribution >= 4 is 45.2 Å². The van der Waals surface area contributed by atoms with Gasteiger partial charge in [-0.2, -0.15) is 0 Å². The van der Waals surface area contributed by atoms with Crippen molar-refractivity contribution in [3.05, 3.63) is 42.6 Å². The van der Waals surface area contributed by atoms with E-state index < -0.39 is 0 Å². The lowest BCUT2D eigenvalue weighted by molar-refractivity contribution is 0.128. The van der Waals surface area contributed by atoms with Gasteiger partial charge in [-0.1, -0.05) is 29.8 Å². The summed E-state index contributed by atoms with van der Waals surface area (Å²) in [4.78, 5) is 0. The van der Waals surface area contributed by atoms with Crippen LogP contribution in [-0.4, -0.2) is 6.61 Å². The first kappa shape index (κ1) is 10.9. The molecule has 1 aliphatic heterocycles. The molecule has 3 heteroatoms. The molecule has 1 atom stereocenters. The molecule has 1 aliphatic rings. The number of hydrogen-bond acceptors (Lipinski definition) is 1. The first-order chi connectivity index (χ1) is 6.68. The lowest BCUT2D eigenvalue weighted by atomic mass is 10.1. The summed E-state index contributed by atoms with van der Waals surface area (Å²) < 4.78 is 8.37. The fraction of sp³-hybridized carbons (Fsp3) is 0.273. The molecule has 1 unspecified atom stereocenters. The van der Waals surface area contributed by atoms with Crippen LogP contribution in [0.15, 0.2) is 31.4 Å². The lowest BCUT2D eigenvalue weighted by Crippen LogP contribution is -1.97. The van der Waals surface area contributed by atoms with Gasteiger partial charge >= 0.3 is 0 Å². The Morgan fingerprint density at radius 3 is 2.36 bits per heavy atom. The van der Waals surface area contributed by atoms with E-state index in [-0.39, 0.29) is 6.10 Å². The first-order valence-electron chi connectivity index (χ1n) is 4.40. The number of aryl methyl sites for hydroxylation is 1. The molecule has 0 aromatic heterocycles. The quantitative estimate of drug-likeness (QED) is 0.631. The van der Waals surface area contributed by atoms with Crippen LogP contribution in [0.25, 0.3) is 0 Å². The number of benzene rings is 1. The van der Waals surface area contributed by atoms with E-state index in [0.717, 1.165) is 6.61 Å². The van der Waals surface area contributed by atoms with Crippen LogP contribution in [0.1, 0.15) is 17.2 Å². The van der Waals surface area contributed by atoms with Gasteiger partial charge in [-0.05, 0) is 57.7 Å². The zero-order valence-electron chi connectivity index (χ0n) is 7.76. The van der Waals surface area contributed by atoms with Crippen molar-refractivity contribution in [3.8, 4) is 0 Å². The van der Waals surface area contributed by atoms with E-state index in [2.05, 4.69) is 76.4 Å². The van der Waals surface area contributed by atoms with Crippen molar-refractivity contribution < 1.29 is 4.74 Å². The van der Waals surface area contributed by atoms with E-state index in [1.807, 2.05) is 0 Å². The Morgan fingerprint density at radius 1 is 1.21 bits per heavy atom. The van der Waals surface area contributed by atoms with E-state index in [0.29, 0.717) is 0 Å². The Hall–Kier alpha value is 0.380. The minimum atomic E-state index is 0.170. The normalized spacial score (nSPS) is 21.8. The second-order valence-electron chi connectivity index (χ2n) is 3.35. The van der Waals surface area contributed by atoms with Crippen molar-refractivity contribution in [2.75, 3.05) is 6.61 Å². The Balaban J connectivity index is 2.29. The molecule has 1 nitrogen and oxygen atoms in total. The van der Waals surface area contributed by atoms with Gasteiger partial charge in [0.25, 0.3) is 0 Å². The van der Waals surface area contributed by atoms with Crippen molar-refractivity contribution in [3.63, 3.8) is 0 Å². The predicted molar refractivity (Wildman–Crippen MR) is 74.9 cm³/mol. The van der Waals surface area contributed by atoms with Crippen molar-refractivity contribution in [1.29, 1.82) is 0 Å². The molecule has 0 saturated heterocycles. The van der Waals surface area contributed by atoms with Crippen molar-refractivity contribution in [2.45, 2.75) is 13.0 Å². The van der Waals surface area contributed by atoms with Crippen LogP contribution in [0, 0.1) is 6.92 Å². The summed E-state index contributed by atoms with van der Waals surface area (Å²) in [6, 6.07) is 8.56. The van der Waals surface area contributed by atoms with Gasteiger partial charge in [-0.15, -0.1) is 0 Å². The van der Waals surface area contributed by atoms with Crippen LogP contribution in [0.3, 0.4) is 0 Å². The Kier molecular flexibility index (Phi) is 3.49. The maximum Gasteiger partial charge on any atom is 0.114 e. The lowest BCUT2D eigenvalue weighted by Gasteiger charge is -2.11. The van der Waals surface area contributed by atoms with Gasteiger partial charge in [0, 0.05) is 7.16 Å². The molecule has 74 valence electrons. The maximum absolute atomic E-state index is 5.71. The predicted octanol–water partition coefficient (Wildman–Crippen LogP) is 4.15. The summed E-state index contributed by atoms with van der Waals surface area (Å²) in [5.41, 5.74) is 2.55. The average Bonchev–Trinajstić information content (AvgIpc) is 2.50. The summed E-state index contributed by atoms with van der Waals surface area (Å²) in [6.07, 6.45) is 0.170. The molecule has 0 spiro atoms. The van der Waals surface area contributed by atoms with Gasteiger partial charge in [0.15, 0.2) is 0 Å². The van der Waals surface area contributed by atoms with Gasteiger partial charge in [-0.25, -0.2) is 0 Å². The number of ether oxygens (including phenoxy) is 1. The molecule has 14 heavy (non-hydrogen) atoms. The van der Waals surface area contributed by atoms with Crippen LogP contribution in [0.2, 0.25) is 0 Å². The minimum Gasteiger partial charge on any atom is -0.363 e. The summed E-state index contributed by atoms with van der Waals surface area (Å²) in [5, 5.41) is 0. The monoisotopic (exact) mass is 412 g/mol. The highest BCUT2D eigenvalue weighted by Crippen LogP contribution is 2.40. The molecule has 1 aromatic rings. The topological polar surface area (TPSA) is 9.23 Å². The molecule has 0 fully saturated rings. The average molecular weight is 412 g/mol. The highest BCUT2D eigenvalue weighted by atomic mass is 127. The summed E-state index contributed by atoms with van der Waals surface area (Å²) in [7, 11) is 0. The fourth-order valence-corrected chi connectivity index (χ4v) is 2.58. The molecule has 0 amide bonds. The summed E-state index contributed by atoms with van der Waals surface area (Å²) in [6.45, 7) is 2.86. The largest absolute Gasteiger partial charge is 0.363 e. The Morgan fingerprint density at radius 2 is 1.86 bits per heavy atom. The third kappa shape index (κ3) is 2.14. The second-order valence-corrected chi connectivity index (χ2v) is 5.82. The fourth-order valence-electron chi connectivity index (χ4n) is 1.42. The van der Waals surface area contributed by atoms with Gasteiger partial charge in [0.2, 0.25) is 0 Å². The molecular weight excluding hydrogens is 402 g/mol. The van der Waals surface area contributed by atoms with Gasteiger partial charge < -0.3 is 4.74 Å². The molecule has 0 saturated carbocycles. The summed E-state index contributed by atoms with van der Waals surface area (Å²) in [5.74, 6) is 0. The van der Waals surface area contributed by atoms with Crippen LogP contribution in [-0.2, 0) is 4.74 Å². The minimum absolute atomic E-state index is 0.170. The zero-order chi connectivity index (χ0) is 10.1. The van der Waals surface area contributed by atoms with Gasteiger partial charge in [0.1, 0.15) is 6.10 Å². The molecule has 0 aliphatic carbocycles. The Labute approximate surface area is 111 Å². The van der Waals surface area contributed by atoms with Crippen molar-refractivity contribution in [2.24, 2.45) is 0 Å². The summed E-state index contributed by atoms with van der Waals surface area (Å²) >= 11 is 4.73. The van der Waals surface area contributed by atoms with E-state index in [9.17, 15) is 0 Å². The molecule has 1 aromatic carbocycles. The molecule has 2 rings (SSSR count). The van der Waals surface area contributed by atoms with Gasteiger partial charge in [-0.3, -0.25) is 0 Å². The van der Waals surface area contributed by atoms with Crippen LogP contribution in [0.5, 0.6) is 0 Å². The van der Waals surface area contributed by atoms with Gasteiger partial charge in [0.05, 0.1) is 6.61 Å². The third-order valence-electron chi connectivity index (χ3n) is 2.25. The Bertz CT molecular complexity index is 367. The van der Waals surface area contributed by atoms with Crippen LogP contribution < -0.4 is 0 Å². The van der Waals surface area contributed by atoms with Crippen LogP contribution in [0.4, 0.5) is 0 Å². The second kappa shape index (κ2) is 4.49. The molecule has 0 radical (unpaired) electrons. The SMILES string of the molecule is Cc1ccc(C2OCC(I)=C2I)cc1. The number of rotatable bonds is 1. The van der Waals surface area contributed by atoms with Crippen molar-refractivity contribution in [1.82, 2.24) is 0 Å². The van der Waals surface area contributed by atoms with E-state index in [1.54, 1.807) is 0 Å². The number of halogens is 2.